The van der Waals surface area contributed by atoms with Gasteiger partial charge in [-0.2, -0.15) is 0 Å². The predicted octanol–water partition coefficient (Wildman–Crippen LogP) is 2.50. The van der Waals surface area contributed by atoms with Crippen molar-refractivity contribution in [1.82, 2.24) is 15.2 Å². The zero-order chi connectivity index (χ0) is 16.4. The van der Waals surface area contributed by atoms with Crippen LogP contribution in [0.25, 0.3) is 0 Å². The van der Waals surface area contributed by atoms with Crippen molar-refractivity contribution in [3.8, 4) is 11.5 Å². The monoisotopic (exact) mass is 325 g/mol. The van der Waals surface area contributed by atoms with Crippen LogP contribution in [0.3, 0.4) is 0 Å². The standard InChI is InChI=1S/C19H23N3O2/c1-14-4-2-8-21-18(14)19(22-10-3-7-20-9-11-22)15-5-6-16-17(12-15)24-13-23-16/h2,4-6,8,12,19-20H,3,7,9-11,13H2,1H3. The molecule has 0 bridgehead atoms. The Hall–Kier alpha value is -2.11. The third-order valence-electron chi connectivity index (χ3n) is 4.76. The number of nitrogens with zero attached hydrogens (tertiary/aromatic N) is 2. The number of rotatable bonds is 3. The SMILES string of the molecule is Cc1cccnc1C(c1ccc2c(c1)OCO2)N1CCCNCC1. The van der Waals surface area contributed by atoms with Gasteiger partial charge in [-0.15, -0.1) is 0 Å². The number of aryl methyl sites for hydroxylation is 1. The molecule has 1 aromatic heterocycles. The fourth-order valence-electron chi connectivity index (χ4n) is 3.53. The van der Waals surface area contributed by atoms with E-state index >= 15 is 0 Å². The highest BCUT2D eigenvalue weighted by Gasteiger charge is 2.27. The summed E-state index contributed by atoms with van der Waals surface area (Å²) in [4.78, 5) is 7.24. The maximum absolute atomic E-state index is 5.59. The molecule has 2 aliphatic heterocycles. The molecule has 0 spiro atoms. The maximum atomic E-state index is 5.59. The molecule has 5 heteroatoms. The minimum Gasteiger partial charge on any atom is -0.454 e. The van der Waals surface area contributed by atoms with E-state index in [1.165, 1.54) is 11.1 Å². The van der Waals surface area contributed by atoms with Gasteiger partial charge in [0.25, 0.3) is 0 Å². The van der Waals surface area contributed by atoms with Crippen LogP contribution in [0.4, 0.5) is 0 Å². The number of hydrogen-bond acceptors (Lipinski definition) is 5. The summed E-state index contributed by atoms with van der Waals surface area (Å²) < 4.78 is 11.1. The van der Waals surface area contributed by atoms with Crippen molar-refractivity contribution in [2.45, 2.75) is 19.4 Å². The van der Waals surface area contributed by atoms with E-state index in [2.05, 4.69) is 35.3 Å². The smallest absolute Gasteiger partial charge is 0.231 e. The van der Waals surface area contributed by atoms with Crippen molar-refractivity contribution in [1.29, 1.82) is 0 Å². The Kier molecular flexibility index (Phi) is 4.36. The summed E-state index contributed by atoms with van der Waals surface area (Å²) in [5.41, 5.74) is 3.55. The zero-order valence-corrected chi connectivity index (χ0v) is 14.0. The summed E-state index contributed by atoms with van der Waals surface area (Å²) in [5.74, 6) is 1.66. The fraction of sp³-hybridized carbons (Fsp3) is 0.421. The first-order valence-corrected chi connectivity index (χ1v) is 8.59. The van der Waals surface area contributed by atoms with Crippen molar-refractivity contribution < 1.29 is 9.47 Å². The number of nitrogens with one attached hydrogen (secondary N) is 1. The van der Waals surface area contributed by atoms with E-state index in [4.69, 9.17) is 14.5 Å². The molecule has 1 unspecified atom stereocenters. The summed E-state index contributed by atoms with van der Waals surface area (Å²) >= 11 is 0. The van der Waals surface area contributed by atoms with Gasteiger partial charge >= 0.3 is 0 Å². The number of hydrogen-bond donors (Lipinski definition) is 1. The Balaban J connectivity index is 1.76. The first kappa shape index (κ1) is 15.4. The van der Waals surface area contributed by atoms with Crippen molar-refractivity contribution in [3.63, 3.8) is 0 Å². The van der Waals surface area contributed by atoms with E-state index in [1.807, 2.05) is 18.3 Å². The molecule has 1 N–H and O–H groups in total. The summed E-state index contributed by atoms with van der Waals surface area (Å²) in [6.07, 6.45) is 3.03. The van der Waals surface area contributed by atoms with Crippen molar-refractivity contribution in [3.05, 3.63) is 53.3 Å². The lowest BCUT2D eigenvalue weighted by atomic mass is 9.97. The van der Waals surface area contributed by atoms with Gasteiger partial charge in [-0.05, 0) is 49.2 Å². The molecular weight excluding hydrogens is 302 g/mol. The molecule has 5 nitrogen and oxygen atoms in total. The number of ether oxygens (including phenoxy) is 2. The highest BCUT2D eigenvalue weighted by atomic mass is 16.7. The van der Waals surface area contributed by atoms with E-state index in [0.29, 0.717) is 6.79 Å². The Morgan fingerprint density at radius 3 is 2.96 bits per heavy atom. The van der Waals surface area contributed by atoms with E-state index in [1.54, 1.807) is 0 Å². The van der Waals surface area contributed by atoms with Crippen LogP contribution in [0.1, 0.15) is 29.3 Å². The highest BCUT2D eigenvalue weighted by Crippen LogP contribution is 2.38. The first-order chi connectivity index (χ1) is 11.8. The number of pyridine rings is 1. The van der Waals surface area contributed by atoms with Crippen LogP contribution in [0.5, 0.6) is 11.5 Å². The molecule has 0 amide bonds. The molecule has 2 aromatic rings. The normalized spacial score (nSPS) is 19.0. The number of benzene rings is 1. The van der Waals surface area contributed by atoms with Crippen LogP contribution >= 0.6 is 0 Å². The van der Waals surface area contributed by atoms with Crippen LogP contribution in [0.15, 0.2) is 36.5 Å². The lowest BCUT2D eigenvalue weighted by Gasteiger charge is -2.31. The van der Waals surface area contributed by atoms with E-state index in [-0.39, 0.29) is 6.04 Å². The van der Waals surface area contributed by atoms with Gasteiger partial charge in [-0.1, -0.05) is 12.1 Å². The number of aromatic nitrogens is 1. The maximum Gasteiger partial charge on any atom is 0.231 e. The topological polar surface area (TPSA) is 46.6 Å². The van der Waals surface area contributed by atoms with Gasteiger partial charge in [-0.25, -0.2) is 0 Å². The van der Waals surface area contributed by atoms with Crippen molar-refractivity contribution in [2.24, 2.45) is 0 Å². The molecule has 1 saturated heterocycles. The molecule has 24 heavy (non-hydrogen) atoms. The number of fused-ring (bicyclic) bond motifs is 1. The van der Waals surface area contributed by atoms with Crippen LogP contribution in [-0.4, -0.2) is 42.9 Å². The van der Waals surface area contributed by atoms with Gasteiger partial charge in [0.05, 0.1) is 11.7 Å². The Bertz CT molecular complexity index is 712. The van der Waals surface area contributed by atoms with Gasteiger partial charge in [0.15, 0.2) is 11.5 Å². The molecule has 0 aliphatic carbocycles. The Morgan fingerprint density at radius 2 is 2.04 bits per heavy atom. The molecule has 1 atom stereocenters. The van der Waals surface area contributed by atoms with Gasteiger partial charge in [0, 0.05) is 25.8 Å². The quantitative estimate of drug-likeness (QED) is 0.939. The third-order valence-corrected chi connectivity index (χ3v) is 4.76. The minimum atomic E-state index is 0.139. The highest BCUT2D eigenvalue weighted by molar-refractivity contribution is 5.47. The summed E-state index contributed by atoms with van der Waals surface area (Å²) in [6.45, 7) is 6.59. The van der Waals surface area contributed by atoms with E-state index in [9.17, 15) is 0 Å². The van der Waals surface area contributed by atoms with Crippen LogP contribution in [-0.2, 0) is 0 Å². The average Bonchev–Trinajstić information content (AvgIpc) is 2.91. The molecule has 0 radical (unpaired) electrons. The second-order valence-electron chi connectivity index (χ2n) is 6.36. The summed E-state index contributed by atoms with van der Waals surface area (Å²) in [5, 5.41) is 3.48. The largest absolute Gasteiger partial charge is 0.454 e. The van der Waals surface area contributed by atoms with Gasteiger partial charge in [-0.3, -0.25) is 9.88 Å². The Labute approximate surface area is 142 Å². The Morgan fingerprint density at radius 1 is 1.12 bits per heavy atom. The molecule has 126 valence electrons. The van der Waals surface area contributed by atoms with Gasteiger partial charge in [0.1, 0.15) is 0 Å². The lowest BCUT2D eigenvalue weighted by molar-refractivity contribution is 0.173. The average molecular weight is 325 g/mol. The molecule has 0 saturated carbocycles. The molecule has 3 heterocycles. The molecular formula is C19H23N3O2. The van der Waals surface area contributed by atoms with Gasteiger partial charge < -0.3 is 14.8 Å². The second-order valence-corrected chi connectivity index (χ2v) is 6.36. The summed E-state index contributed by atoms with van der Waals surface area (Å²) in [6, 6.07) is 10.5. The molecule has 2 aliphatic rings. The molecule has 1 aromatic carbocycles. The van der Waals surface area contributed by atoms with Crippen molar-refractivity contribution in [2.75, 3.05) is 33.0 Å². The fourth-order valence-corrected chi connectivity index (χ4v) is 3.53. The van der Waals surface area contributed by atoms with Crippen LogP contribution in [0.2, 0.25) is 0 Å². The molecule has 4 rings (SSSR count). The van der Waals surface area contributed by atoms with E-state index in [0.717, 1.165) is 49.8 Å². The van der Waals surface area contributed by atoms with Crippen molar-refractivity contribution >= 4 is 0 Å². The first-order valence-electron chi connectivity index (χ1n) is 8.59. The molecule has 1 fully saturated rings. The predicted molar refractivity (Wildman–Crippen MR) is 92.4 cm³/mol. The lowest BCUT2D eigenvalue weighted by Crippen LogP contribution is -2.33. The minimum absolute atomic E-state index is 0.139. The second kappa shape index (κ2) is 6.79. The van der Waals surface area contributed by atoms with Gasteiger partial charge in [0.2, 0.25) is 6.79 Å². The zero-order valence-electron chi connectivity index (χ0n) is 14.0. The van der Waals surface area contributed by atoms with Crippen LogP contribution in [0, 0.1) is 6.92 Å². The van der Waals surface area contributed by atoms with E-state index < -0.39 is 0 Å². The van der Waals surface area contributed by atoms with Crippen LogP contribution < -0.4 is 14.8 Å². The summed E-state index contributed by atoms with van der Waals surface area (Å²) in [7, 11) is 0. The third kappa shape index (κ3) is 2.97.